The fraction of sp³-hybridized carbons (Fsp3) is 0.389. The van der Waals surface area contributed by atoms with E-state index in [1.807, 2.05) is 19.9 Å². The Hall–Kier alpha value is -2.14. The average molecular weight is 347 g/mol. The van der Waals surface area contributed by atoms with Crippen LogP contribution in [0.15, 0.2) is 24.3 Å². The van der Waals surface area contributed by atoms with Gasteiger partial charge in [-0.2, -0.15) is 0 Å². The highest BCUT2D eigenvalue weighted by Gasteiger charge is 2.12. The summed E-state index contributed by atoms with van der Waals surface area (Å²) in [6.07, 6.45) is 3.36. The third-order valence-corrected chi connectivity index (χ3v) is 3.83. The van der Waals surface area contributed by atoms with Crippen LogP contribution < -0.4 is 10.6 Å². The lowest BCUT2D eigenvalue weighted by Crippen LogP contribution is -2.17. The van der Waals surface area contributed by atoms with Crippen molar-refractivity contribution in [3.63, 3.8) is 0 Å². The number of benzene rings is 1. The van der Waals surface area contributed by atoms with Crippen molar-refractivity contribution < 1.29 is 4.79 Å². The molecule has 2 N–H and O–H groups in total. The maximum absolute atomic E-state index is 12.5. The van der Waals surface area contributed by atoms with Crippen molar-refractivity contribution >= 4 is 29.1 Å². The molecule has 1 amide bonds. The smallest absolute Gasteiger partial charge is 0.274 e. The number of carbonyl (C=O) groups is 1. The Morgan fingerprint density at radius 3 is 2.71 bits per heavy atom. The lowest BCUT2D eigenvalue weighted by molar-refractivity contribution is 0.102. The van der Waals surface area contributed by atoms with E-state index >= 15 is 0 Å². The van der Waals surface area contributed by atoms with Gasteiger partial charge in [-0.1, -0.05) is 37.4 Å². The summed E-state index contributed by atoms with van der Waals surface area (Å²) >= 11 is 5.99. The molecule has 1 heterocycles. The van der Waals surface area contributed by atoms with Crippen LogP contribution in [0.1, 0.15) is 47.9 Å². The van der Waals surface area contributed by atoms with Gasteiger partial charge in [0.15, 0.2) is 0 Å². The van der Waals surface area contributed by atoms with Crippen molar-refractivity contribution in [3.05, 3.63) is 46.2 Å². The van der Waals surface area contributed by atoms with Crippen LogP contribution in [0.5, 0.6) is 0 Å². The van der Waals surface area contributed by atoms with Crippen LogP contribution >= 0.6 is 11.6 Å². The molecule has 2 aromatic rings. The van der Waals surface area contributed by atoms with Crippen molar-refractivity contribution in [1.29, 1.82) is 0 Å². The molecule has 0 aliphatic carbocycles. The predicted molar refractivity (Wildman–Crippen MR) is 98.9 cm³/mol. The van der Waals surface area contributed by atoms with Crippen LogP contribution in [-0.4, -0.2) is 22.4 Å². The van der Waals surface area contributed by atoms with Gasteiger partial charge < -0.3 is 10.6 Å². The van der Waals surface area contributed by atoms with Crippen molar-refractivity contribution in [3.8, 4) is 0 Å². The molecule has 0 bridgehead atoms. The fourth-order valence-corrected chi connectivity index (χ4v) is 2.43. The molecule has 2 rings (SSSR count). The first-order valence-electron chi connectivity index (χ1n) is 8.16. The van der Waals surface area contributed by atoms with Gasteiger partial charge in [-0.3, -0.25) is 4.79 Å². The van der Waals surface area contributed by atoms with Gasteiger partial charge in [0, 0.05) is 22.9 Å². The maximum atomic E-state index is 12.5. The van der Waals surface area contributed by atoms with E-state index in [2.05, 4.69) is 27.5 Å². The van der Waals surface area contributed by atoms with Gasteiger partial charge in [0.05, 0.1) is 0 Å². The molecule has 24 heavy (non-hydrogen) atoms. The number of anilines is 2. The van der Waals surface area contributed by atoms with Gasteiger partial charge in [-0.05, 0) is 44.0 Å². The molecule has 6 heteroatoms. The number of aromatic nitrogens is 2. The van der Waals surface area contributed by atoms with Crippen LogP contribution in [0.25, 0.3) is 0 Å². The van der Waals surface area contributed by atoms with Crippen LogP contribution in [0.2, 0.25) is 5.02 Å². The number of hydrogen-bond donors (Lipinski definition) is 2. The highest BCUT2D eigenvalue weighted by Crippen LogP contribution is 2.21. The third-order valence-electron chi connectivity index (χ3n) is 3.60. The highest BCUT2D eigenvalue weighted by atomic mass is 35.5. The SMILES string of the molecule is CCCCCNc1nc(C)cc(C(=O)Nc2cc(Cl)ccc2C)n1. The van der Waals surface area contributed by atoms with Gasteiger partial charge in [0.1, 0.15) is 5.69 Å². The molecule has 0 aliphatic rings. The van der Waals surface area contributed by atoms with E-state index in [9.17, 15) is 4.79 Å². The second-order valence-corrected chi connectivity index (χ2v) is 6.20. The molecule has 0 saturated heterocycles. The van der Waals surface area contributed by atoms with E-state index < -0.39 is 0 Å². The minimum atomic E-state index is -0.275. The Balaban J connectivity index is 2.11. The topological polar surface area (TPSA) is 66.9 Å². The Morgan fingerprint density at radius 2 is 1.96 bits per heavy atom. The normalized spacial score (nSPS) is 10.5. The van der Waals surface area contributed by atoms with E-state index in [0.29, 0.717) is 22.4 Å². The number of aryl methyl sites for hydroxylation is 2. The van der Waals surface area contributed by atoms with Gasteiger partial charge in [-0.25, -0.2) is 9.97 Å². The molecule has 5 nitrogen and oxygen atoms in total. The second kappa shape index (κ2) is 8.64. The van der Waals surface area contributed by atoms with Crippen molar-refractivity contribution in [2.24, 2.45) is 0 Å². The van der Waals surface area contributed by atoms with Gasteiger partial charge in [0.2, 0.25) is 5.95 Å². The van der Waals surface area contributed by atoms with E-state index in [0.717, 1.165) is 37.1 Å². The van der Waals surface area contributed by atoms with Crippen LogP contribution in [0.4, 0.5) is 11.6 Å². The molecule has 0 aliphatic heterocycles. The Bertz CT molecular complexity index is 718. The number of unbranched alkanes of at least 4 members (excludes halogenated alkanes) is 2. The summed E-state index contributed by atoms with van der Waals surface area (Å²) in [5.74, 6) is 0.210. The number of nitrogens with one attached hydrogen (secondary N) is 2. The first-order chi connectivity index (χ1) is 11.5. The minimum absolute atomic E-state index is 0.275. The predicted octanol–water partition coefficient (Wildman–Crippen LogP) is 4.60. The highest BCUT2D eigenvalue weighted by molar-refractivity contribution is 6.31. The molecule has 0 saturated carbocycles. The van der Waals surface area contributed by atoms with E-state index in [-0.39, 0.29) is 5.91 Å². The zero-order valence-electron chi connectivity index (χ0n) is 14.3. The van der Waals surface area contributed by atoms with Gasteiger partial charge in [-0.15, -0.1) is 0 Å². The summed E-state index contributed by atoms with van der Waals surface area (Å²) in [5.41, 5.74) is 2.70. The molecular formula is C18H23ClN4O. The summed E-state index contributed by atoms with van der Waals surface area (Å²) in [4.78, 5) is 21.1. The molecule has 1 aromatic heterocycles. The Labute approximate surface area is 147 Å². The first kappa shape index (κ1) is 18.2. The number of rotatable bonds is 7. The van der Waals surface area contributed by atoms with Gasteiger partial charge >= 0.3 is 0 Å². The molecular weight excluding hydrogens is 324 g/mol. The van der Waals surface area contributed by atoms with Crippen LogP contribution in [-0.2, 0) is 0 Å². The molecule has 0 atom stereocenters. The summed E-state index contributed by atoms with van der Waals surface area (Å²) in [5, 5.41) is 6.61. The van der Waals surface area contributed by atoms with E-state index in [1.165, 1.54) is 0 Å². The number of hydrogen-bond acceptors (Lipinski definition) is 4. The average Bonchev–Trinajstić information content (AvgIpc) is 2.54. The van der Waals surface area contributed by atoms with Crippen molar-refractivity contribution in [2.75, 3.05) is 17.2 Å². The zero-order valence-corrected chi connectivity index (χ0v) is 15.1. The molecule has 128 valence electrons. The number of nitrogens with zero attached hydrogens (tertiary/aromatic N) is 2. The largest absolute Gasteiger partial charge is 0.354 e. The summed E-state index contributed by atoms with van der Waals surface area (Å²) in [7, 11) is 0. The van der Waals surface area contributed by atoms with Crippen molar-refractivity contribution in [1.82, 2.24) is 9.97 Å². The lowest BCUT2D eigenvalue weighted by Gasteiger charge is -2.10. The Kier molecular flexibility index (Phi) is 6.55. The molecule has 0 spiro atoms. The zero-order chi connectivity index (χ0) is 17.5. The number of halogens is 1. The first-order valence-corrected chi connectivity index (χ1v) is 8.54. The van der Waals surface area contributed by atoms with Crippen LogP contribution in [0.3, 0.4) is 0 Å². The minimum Gasteiger partial charge on any atom is -0.354 e. The number of carbonyl (C=O) groups excluding carboxylic acids is 1. The standard InChI is InChI=1S/C18H23ClN4O/c1-4-5-6-9-20-18-21-13(3)10-16(23-18)17(24)22-15-11-14(19)8-7-12(15)2/h7-8,10-11H,4-6,9H2,1-3H3,(H,22,24)(H,20,21,23). The Morgan fingerprint density at radius 1 is 1.17 bits per heavy atom. The van der Waals surface area contributed by atoms with Crippen molar-refractivity contribution in [2.45, 2.75) is 40.0 Å². The summed E-state index contributed by atoms with van der Waals surface area (Å²) in [6, 6.07) is 7.06. The monoisotopic (exact) mass is 346 g/mol. The maximum Gasteiger partial charge on any atom is 0.274 e. The second-order valence-electron chi connectivity index (χ2n) is 5.77. The van der Waals surface area contributed by atoms with E-state index in [1.54, 1.807) is 18.2 Å². The lowest BCUT2D eigenvalue weighted by atomic mass is 10.2. The molecule has 0 fully saturated rings. The van der Waals surface area contributed by atoms with Gasteiger partial charge in [0.25, 0.3) is 5.91 Å². The molecule has 1 aromatic carbocycles. The van der Waals surface area contributed by atoms with E-state index in [4.69, 9.17) is 11.6 Å². The summed E-state index contributed by atoms with van der Waals surface area (Å²) in [6.45, 7) is 6.72. The molecule has 0 radical (unpaired) electrons. The molecule has 0 unspecified atom stereocenters. The number of amides is 1. The quantitative estimate of drug-likeness (QED) is 0.719. The summed E-state index contributed by atoms with van der Waals surface area (Å²) < 4.78 is 0. The van der Waals surface area contributed by atoms with Crippen LogP contribution in [0, 0.1) is 13.8 Å². The fourth-order valence-electron chi connectivity index (χ4n) is 2.25. The third kappa shape index (κ3) is 5.20.